The van der Waals surface area contributed by atoms with Crippen LogP contribution in [0.4, 0.5) is 0 Å². The number of nitrogens with one attached hydrogen (secondary N) is 1. The molecule has 1 aliphatic carbocycles. The first kappa shape index (κ1) is 15.1. The van der Waals surface area contributed by atoms with Gasteiger partial charge in [0.25, 0.3) is 0 Å². The summed E-state index contributed by atoms with van der Waals surface area (Å²) in [6.07, 6.45) is 4.05. The molecule has 21 heavy (non-hydrogen) atoms. The zero-order valence-electron chi connectivity index (χ0n) is 12.4. The fourth-order valence-corrected chi connectivity index (χ4v) is 3.43. The summed E-state index contributed by atoms with van der Waals surface area (Å²) >= 11 is 6.26. The average Bonchev–Trinajstić information content (AvgIpc) is 2.96. The summed E-state index contributed by atoms with van der Waals surface area (Å²) in [7, 11) is 1.67. The van der Waals surface area contributed by atoms with E-state index in [9.17, 15) is 0 Å². The van der Waals surface area contributed by atoms with Crippen molar-refractivity contribution in [3.63, 3.8) is 0 Å². The van der Waals surface area contributed by atoms with E-state index in [4.69, 9.17) is 25.8 Å². The summed E-state index contributed by atoms with van der Waals surface area (Å²) in [6.45, 7) is 2.19. The zero-order chi connectivity index (χ0) is 14.7. The van der Waals surface area contributed by atoms with Crippen LogP contribution < -0.4 is 10.1 Å². The number of hydrogen-bond donors (Lipinski definition) is 1. The Balaban J connectivity index is 1.55. The average molecular weight is 312 g/mol. The van der Waals surface area contributed by atoms with Crippen molar-refractivity contribution in [2.45, 2.75) is 44.1 Å². The lowest BCUT2D eigenvalue weighted by molar-refractivity contribution is -0.179. The van der Waals surface area contributed by atoms with Crippen LogP contribution >= 0.6 is 11.6 Å². The van der Waals surface area contributed by atoms with Crippen LogP contribution in [0.25, 0.3) is 0 Å². The Morgan fingerprint density at radius 2 is 2.00 bits per heavy atom. The minimum Gasteiger partial charge on any atom is -0.496 e. The van der Waals surface area contributed by atoms with E-state index in [1.165, 1.54) is 0 Å². The molecule has 1 aliphatic heterocycles. The smallest absolute Gasteiger partial charge is 0.168 e. The third-order valence-electron chi connectivity index (χ3n) is 4.42. The van der Waals surface area contributed by atoms with Crippen LogP contribution in [0.2, 0.25) is 5.02 Å². The highest BCUT2D eigenvalue weighted by atomic mass is 35.5. The monoisotopic (exact) mass is 311 g/mol. The lowest BCUT2D eigenvalue weighted by Gasteiger charge is -2.35. The van der Waals surface area contributed by atoms with E-state index in [0.29, 0.717) is 6.04 Å². The zero-order valence-corrected chi connectivity index (χ0v) is 13.1. The second-order valence-electron chi connectivity index (χ2n) is 5.68. The molecule has 1 aromatic carbocycles. The first-order valence-electron chi connectivity index (χ1n) is 7.55. The van der Waals surface area contributed by atoms with Gasteiger partial charge < -0.3 is 19.5 Å². The molecule has 0 amide bonds. The third-order valence-corrected chi connectivity index (χ3v) is 4.78. The van der Waals surface area contributed by atoms with Gasteiger partial charge in [0.2, 0.25) is 0 Å². The highest BCUT2D eigenvalue weighted by Crippen LogP contribution is 2.36. The molecule has 116 valence electrons. The van der Waals surface area contributed by atoms with Gasteiger partial charge >= 0.3 is 0 Å². The molecule has 1 heterocycles. The van der Waals surface area contributed by atoms with Crippen molar-refractivity contribution in [3.05, 3.63) is 28.8 Å². The summed E-state index contributed by atoms with van der Waals surface area (Å²) in [5.74, 6) is 0.546. The standard InChI is InChI=1S/C16H22ClNO3/c1-19-15-4-2-3-14(17)13(15)11-18-12-5-7-16(8-6-12)20-9-10-21-16/h2-4,12,18H,5-11H2,1H3. The molecule has 2 aliphatic rings. The molecule has 5 heteroatoms. The second-order valence-corrected chi connectivity index (χ2v) is 6.09. The highest BCUT2D eigenvalue weighted by Gasteiger charge is 2.40. The fourth-order valence-electron chi connectivity index (χ4n) is 3.20. The number of ether oxygens (including phenoxy) is 3. The molecule has 0 radical (unpaired) electrons. The summed E-state index contributed by atoms with van der Waals surface area (Å²) in [5, 5.41) is 4.33. The van der Waals surface area contributed by atoms with Gasteiger partial charge in [-0.1, -0.05) is 17.7 Å². The van der Waals surface area contributed by atoms with E-state index in [1.807, 2.05) is 18.2 Å². The Kier molecular flexibility index (Phi) is 4.69. The maximum Gasteiger partial charge on any atom is 0.168 e. The number of rotatable bonds is 4. The predicted octanol–water partition coefficient (Wildman–Crippen LogP) is 3.12. The Hall–Kier alpha value is -0.810. The Morgan fingerprint density at radius 1 is 1.29 bits per heavy atom. The fraction of sp³-hybridized carbons (Fsp3) is 0.625. The van der Waals surface area contributed by atoms with Crippen LogP contribution in [-0.2, 0) is 16.0 Å². The first-order valence-corrected chi connectivity index (χ1v) is 7.93. The van der Waals surface area contributed by atoms with Crippen molar-refractivity contribution in [3.8, 4) is 5.75 Å². The van der Waals surface area contributed by atoms with Crippen LogP contribution in [0.1, 0.15) is 31.2 Å². The molecule has 0 atom stereocenters. The largest absolute Gasteiger partial charge is 0.496 e. The molecule has 1 saturated heterocycles. The molecule has 1 saturated carbocycles. The lowest BCUT2D eigenvalue weighted by atomic mass is 9.90. The molecule has 4 nitrogen and oxygen atoms in total. The van der Waals surface area contributed by atoms with Gasteiger partial charge in [-0.2, -0.15) is 0 Å². The Bertz CT molecular complexity index is 478. The molecule has 2 fully saturated rings. The van der Waals surface area contributed by atoms with Gasteiger partial charge in [-0.25, -0.2) is 0 Å². The van der Waals surface area contributed by atoms with Crippen molar-refractivity contribution in [1.82, 2.24) is 5.32 Å². The van der Waals surface area contributed by atoms with Gasteiger partial charge in [-0.3, -0.25) is 0 Å². The maximum absolute atomic E-state index is 6.26. The summed E-state index contributed by atoms with van der Waals surface area (Å²) in [6, 6.07) is 6.23. The molecule has 0 aromatic heterocycles. The summed E-state index contributed by atoms with van der Waals surface area (Å²) < 4.78 is 16.9. The molecular weight excluding hydrogens is 290 g/mol. The molecule has 3 rings (SSSR count). The lowest BCUT2D eigenvalue weighted by Crippen LogP contribution is -2.41. The van der Waals surface area contributed by atoms with Crippen LogP contribution in [-0.4, -0.2) is 32.2 Å². The highest BCUT2D eigenvalue weighted by molar-refractivity contribution is 6.31. The summed E-state index contributed by atoms with van der Waals surface area (Å²) in [5.41, 5.74) is 1.02. The van der Waals surface area contributed by atoms with Crippen LogP contribution in [0.5, 0.6) is 5.75 Å². The van der Waals surface area contributed by atoms with Crippen molar-refractivity contribution in [2.24, 2.45) is 0 Å². The van der Waals surface area contributed by atoms with Gasteiger partial charge in [0.1, 0.15) is 5.75 Å². The van der Waals surface area contributed by atoms with Gasteiger partial charge in [0.05, 0.1) is 20.3 Å². The van der Waals surface area contributed by atoms with Gasteiger partial charge in [0.15, 0.2) is 5.79 Å². The first-order chi connectivity index (χ1) is 10.2. The van der Waals surface area contributed by atoms with E-state index in [-0.39, 0.29) is 5.79 Å². The van der Waals surface area contributed by atoms with Gasteiger partial charge in [0, 0.05) is 36.0 Å². The number of hydrogen-bond acceptors (Lipinski definition) is 4. The minimum absolute atomic E-state index is 0.291. The van der Waals surface area contributed by atoms with Crippen LogP contribution in [0, 0.1) is 0 Å². The van der Waals surface area contributed by atoms with Crippen molar-refractivity contribution < 1.29 is 14.2 Å². The predicted molar refractivity (Wildman–Crippen MR) is 81.7 cm³/mol. The van der Waals surface area contributed by atoms with Crippen LogP contribution in [0.15, 0.2) is 18.2 Å². The molecular formula is C16H22ClNO3. The molecule has 1 aromatic rings. The Labute approximate surface area is 130 Å². The number of halogens is 1. The van der Waals surface area contributed by atoms with E-state index in [2.05, 4.69) is 5.32 Å². The van der Waals surface area contributed by atoms with Crippen molar-refractivity contribution >= 4 is 11.6 Å². The van der Waals surface area contributed by atoms with Gasteiger partial charge in [-0.15, -0.1) is 0 Å². The molecule has 0 bridgehead atoms. The van der Waals surface area contributed by atoms with Crippen LogP contribution in [0.3, 0.4) is 0 Å². The molecule has 1 N–H and O–H groups in total. The van der Waals surface area contributed by atoms with E-state index in [1.54, 1.807) is 7.11 Å². The number of benzene rings is 1. The van der Waals surface area contributed by atoms with E-state index in [0.717, 1.165) is 61.8 Å². The second kappa shape index (κ2) is 6.53. The third kappa shape index (κ3) is 3.34. The Morgan fingerprint density at radius 3 is 2.67 bits per heavy atom. The maximum atomic E-state index is 6.26. The van der Waals surface area contributed by atoms with E-state index < -0.39 is 0 Å². The summed E-state index contributed by atoms with van der Waals surface area (Å²) in [4.78, 5) is 0. The van der Waals surface area contributed by atoms with Gasteiger partial charge in [-0.05, 0) is 25.0 Å². The SMILES string of the molecule is COc1cccc(Cl)c1CNC1CCC2(CC1)OCCO2. The molecule has 1 spiro atoms. The number of methoxy groups -OCH3 is 1. The van der Waals surface area contributed by atoms with Crippen molar-refractivity contribution in [2.75, 3.05) is 20.3 Å². The van der Waals surface area contributed by atoms with Crippen molar-refractivity contribution in [1.29, 1.82) is 0 Å². The quantitative estimate of drug-likeness (QED) is 0.927. The normalized spacial score (nSPS) is 21.8. The molecule has 0 unspecified atom stereocenters. The topological polar surface area (TPSA) is 39.7 Å². The van der Waals surface area contributed by atoms with E-state index >= 15 is 0 Å². The minimum atomic E-state index is -0.291.